The second kappa shape index (κ2) is 11.8. The van der Waals surface area contributed by atoms with Crippen LogP contribution >= 0.6 is 0 Å². The molecule has 2 amide bonds. The molecule has 10 nitrogen and oxygen atoms in total. The Labute approximate surface area is 244 Å². The molecule has 2 aromatic carbocycles. The van der Waals surface area contributed by atoms with Gasteiger partial charge < -0.3 is 15.2 Å². The van der Waals surface area contributed by atoms with Crippen LogP contribution in [-0.2, 0) is 26.2 Å². The maximum Gasteiger partial charge on any atom is 0.271 e. The SMILES string of the molecule is Cc1ccc(C(=O)Nc2cc(C(C)(C)C)cc(NS(C)(=O)=O)c2S(C)=O)cc1-n1cnc(C(=O)NCC(C)(C)C)c1. The molecule has 1 aromatic heterocycles. The molecule has 222 valence electrons. The maximum atomic E-state index is 13.5. The van der Waals surface area contributed by atoms with Crippen molar-refractivity contribution in [1.29, 1.82) is 0 Å². The van der Waals surface area contributed by atoms with Gasteiger partial charge in [-0.25, -0.2) is 13.4 Å². The number of benzene rings is 2. The summed E-state index contributed by atoms with van der Waals surface area (Å²) in [5.74, 6) is -0.764. The molecule has 0 bridgehead atoms. The number of sulfonamides is 1. The van der Waals surface area contributed by atoms with Gasteiger partial charge in [0, 0.05) is 24.6 Å². The van der Waals surface area contributed by atoms with E-state index in [0.29, 0.717) is 17.8 Å². The van der Waals surface area contributed by atoms with Crippen LogP contribution in [-0.4, -0.2) is 53.0 Å². The second-order valence-corrected chi connectivity index (χ2v) is 15.4. The molecule has 41 heavy (non-hydrogen) atoms. The van der Waals surface area contributed by atoms with Crippen LogP contribution in [0, 0.1) is 12.3 Å². The monoisotopic (exact) mass is 601 g/mol. The third-order valence-corrected chi connectivity index (χ3v) is 7.74. The minimum absolute atomic E-state index is 0.0746. The van der Waals surface area contributed by atoms with Crippen LogP contribution in [0.2, 0.25) is 0 Å². The summed E-state index contributed by atoms with van der Waals surface area (Å²) in [5.41, 5.74) is 2.74. The number of hydrogen-bond acceptors (Lipinski definition) is 6. The summed E-state index contributed by atoms with van der Waals surface area (Å²) in [6, 6.07) is 8.48. The highest BCUT2D eigenvalue weighted by atomic mass is 32.2. The first-order valence-electron chi connectivity index (χ1n) is 13.0. The highest BCUT2D eigenvalue weighted by Gasteiger charge is 2.24. The Morgan fingerprint density at radius 1 is 1.00 bits per heavy atom. The van der Waals surface area contributed by atoms with Crippen LogP contribution in [0.4, 0.5) is 11.4 Å². The first-order valence-corrected chi connectivity index (χ1v) is 16.4. The molecule has 12 heteroatoms. The first kappa shape index (κ1) is 32.0. The third kappa shape index (κ3) is 8.49. The van der Waals surface area contributed by atoms with E-state index in [0.717, 1.165) is 17.4 Å². The van der Waals surface area contributed by atoms with Crippen LogP contribution in [0.25, 0.3) is 5.69 Å². The van der Waals surface area contributed by atoms with Gasteiger partial charge in [0.15, 0.2) is 0 Å². The molecule has 1 unspecified atom stereocenters. The minimum Gasteiger partial charge on any atom is -0.350 e. The van der Waals surface area contributed by atoms with E-state index in [1.54, 1.807) is 41.1 Å². The summed E-state index contributed by atoms with van der Waals surface area (Å²) in [6.07, 6.45) is 5.56. The fourth-order valence-electron chi connectivity index (χ4n) is 3.97. The molecular formula is C29H39N5O5S2. The molecule has 1 atom stereocenters. The Bertz CT molecular complexity index is 1610. The fourth-order valence-corrected chi connectivity index (χ4v) is 5.44. The molecule has 3 aromatic rings. The average molecular weight is 602 g/mol. The van der Waals surface area contributed by atoms with E-state index in [1.165, 1.54) is 12.6 Å². The zero-order valence-electron chi connectivity index (χ0n) is 25.0. The van der Waals surface area contributed by atoms with E-state index in [4.69, 9.17) is 0 Å². The average Bonchev–Trinajstić information content (AvgIpc) is 3.30. The molecule has 0 saturated carbocycles. The van der Waals surface area contributed by atoms with Crippen molar-refractivity contribution in [3.8, 4) is 5.69 Å². The van der Waals surface area contributed by atoms with Crippen molar-refractivity contribution in [2.45, 2.75) is 58.8 Å². The number of hydrogen-bond donors (Lipinski definition) is 3. The number of aryl methyl sites for hydroxylation is 1. The van der Waals surface area contributed by atoms with Crippen LogP contribution in [0.5, 0.6) is 0 Å². The highest BCUT2D eigenvalue weighted by molar-refractivity contribution is 7.92. The summed E-state index contributed by atoms with van der Waals surface area (Å²) in [5, 5.41) is 5.72. The summed E-state index contributed by atoms with van der Waals surface area (Å²) in [7, 11) is -5.32. The zero-order valence-corrected chi connectivity index (χ0v) is 26.6. The number of anilines is 2. The van der Waals surface area contributed by atoms with E-state index in [9.17, 15) is 22.2 Å². The lowest BCUT2D eigenvalue weighted by molar-refractivity contribution is 0.0934. The highest BCUT2D eigenvalue weighted by Crippen LogP contribution is 2.35. The largest absolute Gasteiger partial charge is 0.350 e. The predicted octanol–water partition coefficient (Wildman–Crippen LogP) is 4.62. The van der Waals surface area contributed by atoms with Gasteiger partial charge in [-0.05, 0) is 53.1 Å². The predicted molar refractivity (Wildman–Crippen MR) is 164 cm³/mol. The fraction of sp³-hybridized carbons (Fsp3) is 0.414. The molecule has 0 spiro atoms. The van der Waals surface area contributed by atoms with Gasteiger partial charge in [0.05, 0.1) is 39.0 Å². The van der Waals surface area contributed by atoms with Crippen molar-refractivity contribution in [1.82, 2.24) is 14.9 Å². The van der Waals surface area contributed by atoms with Crippen molar-refractivity contribution >= 4 is 44.0 Å². The number of carbonyl (C=O) groups excluding carboxylic acids is 2. The lowest BCUT2D eigenvalue weighted by atomic mass is 9.86. The standard InChI is InChI=1S/C29H39N5O5S2/c1-18-10-11-19(12-24(18)34-15-23(31-17-34)27(36)30-16-28(2,3)4)26(35)32-21-13-20(29(5,6)7)14-22(25(21)40(8)37)33-41(9,38)39/h10-15,17,33H,16H2,1-9H3,(H,30,36)(H,32,35). The van der Waals surface area contributed by atoms with Crippen molar-refractivity contribution in [2.75, 3.05) is 29.1 Å². The van der Waals surface area contributed by atoms with Crippen LogP contribution < -0.4 is 15.4 Å². The molecular weight excluding hydrogens is 562 g/mol. The van der Waals surface area contributed by atoms with Gasteiger partial charge in [0.2, 0.25) is 10.0 Å². The lowest BCUT2D eigenvalue weighted by Gasteiger charge is -2.24. The molecule has 1 heterocycles. The number of aromatic nitrogens is 2. The van der Waals surface area contributed by atoms with Gasteiger partial charge in [-0.2, -0.15) is 0 Å². The zero-order chi connectivity index (χ0) is 30.9. The number of nitrogens with zero attached hydrogens (tertiary/aromatic N) is 2. The second-order valence-electron chi connectivity index (χ2n) is 12.3. The van der Waals surface area contributed by atoms with Crippen LogP contribution in [0.15, 0.2) is 47.8 Å². The van der Waals surface area contributed by atoms with E-state index in [-0.39, 0.29) is 33.3 Å². The van der Waals surface area contributed by atoms with E-state index < -0.39 is 32.1 Å². The van der Waals surface area contributed by atoms with Crippen LogP contribution in [0.3, 0.4) is 0 Å². The Kier molecular flexibility index (Phi) is 9.19. The summed E-state index contributed by atoms with van der Waals surface area (Å²) in [4.78, 5) is 30.5. The molecule has 0 saturated heterocycles. The first-order chi connectivity index (χ1) is 18.7. The van der Waals surface area contributed by atoms with Gasteiger partial charge in [-0.15, -0.1) is 0 Å². The Morgan fingerprint density at radius 2 is 1.63 bits per heavy atom. The summed E-state index contributed by atoms with van der Waals surface area (Å²) >= 11 is 0. The smallest absolute Gasteiger partial charge is 0.271 e. The van der Waals surface area contributed by atoms with Crippen molar-refractivity contribution in [3.63, 3.8) is 0 Å². The van der Waals surface area contributed by atoms with Crippen molar-refractivity contribution in [3.05, 3.63) is 65.2 Å². The van der Waals surface area contributed by atoms with Gasteiger partial charge >= 0.3 is 0 Å². The number of amides is 2. The number of nitrogens with one attached hydrogen (secondary N) is 3. The molecule has 0 aliphatic carbocycles. The summed E-state index contributed by atoms with van der Waals surface area (Å²) < 4.78 is 41.1. The van der Waals surface area contributed by atoms with Gasteiger partial charge in [-0.1, -0.05) is 47.6 Å². The molecule has 3 N–H and O–H groups in total. The van der Waals surface area contributed by atoms with E-state index in [1.807, 2.05) is 48.5 Å². The topological polar surface area (TPSA) is 139 Å². The Hall–Kier alpha value is -3.51. The van der Waals surface area contributed by atoms with Gasteiger partial charge in [-0.3, -0.25) is 18.5 Å². The third-order valence-electron chi connectivity index (χ3n) is 6.13. The maximum absolute atomic E-state index is 13.5. The van der Waals surface area contributed by atoms with Gasteiger partial charge in [0.25, 0.3) is 11.8 Å². The van der Waals surface area contributed by atoms with Crippen LogP contribution in [0.1, 0.15) is 73.5 Å². The van der Waals surface area contributed by atoms with E-state index in [2.05, 4.69) is 20.3 Å². The molecule has 3 rings (SSSR count). The molecule has 0 fully saturated rings. The molecule has 0 radical (unpaired) electrons. The molecule has 0 aliphatic rings. The Balaban J connectivity index is 1.99. The van der Waals surface area contributed by atoms with E-state index >= 15 is 0 Å². The quantitative estimate of drug-likeness (QED) is 0.345. The van der Waals surface area contributed by atoms with Crippen molar-refractivity contribution < 1.29 is 22.2 Å². The lowest BCUT2D eigenvalue weighted by Crippen LogP contribution is -2.32. The number of imidazole rings is 1. The molecule has 0 aliphatic heterocycles. The number of carbonyl (C=O) groups is 2. The summed E-state index contributed by atoms with van der Waals surface area (Å²) in [6.45, 7) is 14.3. The number of rotatable bonds is 8. The van der Waals surface area contributed by atoms with Gasteiger partial charge in [0.1, 0.15) is 12.0 Å². The normalized spacial score (nSPS) is 13.0. The minimum atomic E-state index is -3.68. The van der Waals surface area contributed by atoms with Crippen molar-refractivity contribution in [2.24, 2.45) is 5.41 Å². The Morgan fingerprint density at radius 3 is 2.20 bits per heavy atom.